The highest BCUT2D eigenvalue weighted by Crippen LogP contribution is 2.34. The normalized spacial score (nSPS) is 20.0. The van der Waals surface area contributed by atoms with Crippen molar-refractivity contribution in [3.8, 4) is 5.75 Å². The maximum Gasteiger partial charge on any atom is 0.343 e. The number of hydrogen-bond donors (Lipinski definition) is 1. The van der Waals surface area contributed by atoms with Gasteiger partial charge in [0.25, 0.3) is 0 Å². The summed E-state index contributed by atoms with van der Waals surface area (Å²) in [6.45, 7) is 1.65. The van der Waals surface area contributed by atoms with Crippen molar-refractivity contribution in [2.45, 2.75) is 25.6 Å². The molecule has 0 aliphatic carbocycles. The topological polar surface area (TPSA) is 59.7 Å². The molecule has 4 heteroatoms. The van der Waals surface area contributed by atoms with E-state index in [0.29, 0.717) is 23.3 Å². The summed E-state index contributed by atoms with van der Waals surface area (Å²) in [6, 6.07) is 7.25. The van der Waals surface area contributed by atoms with Crippen LogP contribution in [0.5, 0.6) is 5.75 Å². The fourth-order valence-electron chi connectivity index (χ4n) is 2.13. The Labute approximate surface area is 97.4 Å². The van der Waals surface area contributed by atoms with Crippen LogP contribution in [-0.4, -0.2) is 17.3 Å². The molecule has 1 aliphatic heterocycles. The maximum atomic E-state index is 11.8. The monoisotopic (exact) mass is 232 g/mol. The standard InChI is InChI=1S/C13H12O4/c1-7(14)11-6-9-12(16-11)8-4-2-3-5-10(8)17-13(9)15/h2-5,7,11,14H,6H2,1H3. The van der Waals surface area contributed by atoms with E-state index in [4.69, 9.17) is 9.15 Å². The zero-order valence-electron chi connectivity index (χ0n) is 9.34. The summed E-state index contributed by atoms with van der Waals surface area (Å²) in [6.07, 6.45) is -0.570. The molecule has 1 N–H and O–H groups in total. The molecule has 0 bridgehead atoms. The highest BCUT2D eigenvalue weighted by molar-refractivity contribution is 5.84. The fourth-order valence-corrected chi connectivity index (χ4v) is 2.13. The third kappa shape index (κ3) is 1.52. The lowest BCUT2D eigenvalue weighted by atomic mass is 10.1. The van der Waals surface area contributed by atoms with Crippen molar-refractivity contribution in [1.82, 2.24) is 0 Å². The van der Waals surface area contributed by atoms with Crippen LogP contribution in [0.4, 0.5) is 0 Å². The van der Waals surface area contributed by atoms with Crippen LogP contribution in [0.15, 0.2) is 33.5 Å². The van der Waals surface area contributed by atoms with Gasteiger partial charge in [-0.1, -0.05) is 12.1 Å². The van der Waals surface area contributed by atoms with Gasteiger partial charge in [0, 0.05) is 6.42 Å². The van der Waals surface area contributed by atoms with E-state index < -0.39 is 6.10 Å². The second kappa shape index (κ2) is 3.60. The molecule has 2 unspecified atom stereocenters. The van der Waals surface area contributed by atoms with Crippen molar-refractivity contribution in [1.29, 1.82) is 0 Å². The van der Waals surface area contributed by atoms with Crippen molar-refractivity contribution in [2.24, 2.45) is 0 Å². The molecule has 2 heterocycles. The number of aliphatic hydroxyl groups excluding tert-OH is 1. The van der Waals surface area contributed by atoms with Crippen LogP contribution in [0.25, 0.3) is 11.0 Å². The van der Waals surface area contributed by atoms with E-state index >= 15 is 0 Å². The summed E-state index contributed by atoms with van der Waals surface area (Å²) in [5, 5.41) is 10.3. The smallest absolute Gasteiger partial charge is 0.343 e. The molecule has 0 radical (unpaired) electrons. The van der Waals surface area contributed by atoms with E-state index in [1.165, 1.54) is 0 Å². The van der Waals surface area contributed by atoms with E-state index in [-0.39, 0.29) is 11.7 Å². The first kappa shape index (κ1) is 10.4. The third-order valence-corrected chi connectivity index (χ3v) is 3.07. The fraction of sp³-hybridized carbons (Fsp3) is 0.308. The molecule has 0 spiro atoms. The lowest BCUT2D eigenvalue weighted by Gasteiger charge is -2.13. The highest BCUT2D eigenvalue weighted by Gasteiger charge is 2.31. The molecule has 0 amide bonds. The Morgan fingerprint density at radius 2 is 2.18 bits per heavy atom. The van der Waals surface area contributed by atoms with Crippen molar-refractivity contribution >= 4 is 11.0 Å². The molecule has 4 nitrogen and oxygen atoms in total. The Morgan fingerprint density at radius 3 is 2.94 bits per heavy atom. The molecular weight excluding hydrogens is 220 g/mol. The number of fused-ring (bicyclic) bond motifs is 3. The van der Waals surface area contributed by atoms with E-state index in [1.807, 2.05) is 12.1 Å². The van der Waals surface area contributed by atoms with E-state index in [0.717, 1.165) is 5.39 Å². The Hall–Kier alpha value is -1.81. The number of para-hydroxylation sites is 1. The second-order valence-electron chi connectivity index (χ2n) is 4.29. The van der Waals surface area contributed by atoms with Crippen molar-refractivity contribution in [2.75, 3.05) is 0 Å². The third-order valence-electron chi connectivity index (χ3n) is 3.07. The van der Waals surface area contributed by atoms with E-state index in [2.05, 4.69) is 0 Å². The van der Waals surface area contributed by atoms with E-state index in [9.17, 15) is 9.90 Å². The van der Waals surface area contributed by atoms with Crippen LogP contribution in [0.1, 0.15) is 12.5 Å². The van der Waals surface area contributed by atoms with Gasteiger partial charge in [-0.15, -0.1) is 0 Å². The summed E-state index contributed by atoms with van der Waals surface area (Å²) in [7, 11) is 0. The van der Waals surface area contributed by atoms with E-state index in [1.54, 1.807) is 19.1 Å². The van der Waals surface area contributed by atoms with Crippen LogP contribution < -0.4 is 10.4 Å². The van der Waals surface area contributed by atoms with Crippen LogP contribution in [0, 0.1) is 0 Å². The number of benzene rings is 1. The van der Waals surface area contributed by atoms with Gasteiger partial charge in [0.1, 0.15) is 17.4 Å². The molecule has 1 aromatic heterocycles. The Balaban J connectivity index is 2.24. The molecule has 88 valence electrons. The van der Waals surface area contributed by atoms with Crippen LogP contribution in [0.2, 0.25) is 0 Å². The minimum absolute atomic E-state index is 0.362. The largest absolute Gasteiger partial charge is 0.486 e. The Bertz CT molecular complexity index is 627. The summed E-state index contributed by atoms with van der Waals surface area (Å²) in [5.41, 5.74) is 0.666. The molecule has 17 heavy (non-hydrogen) atoms. The average molecular weight is 232 g/mol. The zero-order valence-corrected chi connectivity index (χ0v) is 9.34. The van der Waals surface area contributed by atoms with Crippen molar-refractivity contribution in [3.63, 3.8) is 0 Å². The Kier molecular flexibility index (Phi) is 2.19. The first-order chi connectivity index (χ1) is 8.16. The summed E-state index contributed by atoms with van der Waals surface area (Å²) >= 11 is 0. The SMILES string of the molecule is CC(O)C1Cc2c(c3ccccc3oc2=O)O1. The van der Waals surface area contributed by atoms with Gasteiger partial charge in [-0.2, -0.15) is 0 Å². The average Bonchev–Trinajstić information content (AvgIpc) is 2.75. The van der Waals surface area contributed by atoms with Gasteiger partial charge < -0.3 is 14.3 Å². The zero-order chi connectivity index (χ0) is 12.0. The molecule has 2 atom stereocenters. The summed E-state index contributed by atoms with van der Waals surface area (Å²) in [4.78, 5) is 11.8. The van der Waals surface area contributed by atoms with Crippen LogP contribution in [0.3, 0.4) is 0 Å². The predicted octanol–water partition coefficient (Wildman–Crippen LogP) is 1.48. The molecule has 1 aromatic carbocycles. The van der Waals surface area contributed by atoms with Crippen LogP contribution >= 0.6 is 0 Å². The minimum atomic E-state index is -0.611. The van der Waals surface area contributed by atoms with Gasteiger partial charge in [-0.25, -0.2) is 4.79 Å². The lowest BCUT2D eigenvalue weighted by molar-refractivity contribution is 0.0639. The van der Waals surface area contributed by atoms with Crippen molar-refractivity contribution in [3.05, 3.63) is 40.2 Å². The molecular formula is C13H12O4. The van der Waals surface area contributed by atoms with Crippen LogP contribution in [-0.2, 0) is 6.42 Å². The molecule has 2 aromatic rings. The number of aliphatic hydroxyl groups is 1. The van der Waals surface area contributed by atoms with Gasteiger partial charge in [-0.05, 0) is 19.1 Å². The van der Waals surface area contributed by atoms with Gasteiger partial charge in [-0.3, -0.25) is 0 Å². The first-order valence-electron chi connectivity index (χ1n) is 5.56. The minimum Gasteiger partial charge on any atom is -0.486 e. The second-order valence-corrected chi connectivity index (χ2v) is 4.29. The molecule has 1 aliphatic rings. The Morgan fingerprint density at radius 1 is 1.41 bits per heavy atom. The van der Waals surface area contributed by atoms with Gasteiger partial charge in [0.15, 0.2) is 0 Å². The number of hydrogen-bond acceptors (Lipinski definition) is 4. The predicted molar refractivity (Wildman–Crippen MR) is 62.3 cm³/mol. The highest BCUT2D eigenvalue weighted by atomic mass is 16.5. The van der Waals surface area contributed by atoms with Crippen molar-refractivity contribution < 1.29 is 14.3 Å². The first-order valence-corrected chi connectivity index (χ1v) is 5.56. The number of rotatable bonds is 1. The quantitative estimate of drug-likeness (QED) is 0.756. The van der Waals surface area contributed by atoms with Gasteiger partial charge >= 0.3 is 5.63 Å². The number of ether oxygens (including phenoxy) is 1. The lowest BCUT2D eigenvalue weighted by Crippen LogP contribution is -2.27. The summed E-state index contributed by atoms with van der Waals surface area (Å²) in [5.74, 6) is 0.558. The summed E-state index contributed by atoms with van der Waals surface area (Å²) < 4.78 is 10.9. The molecule has 0 saturated heterocycles. The van der Waals surface area contributed by atoms with Gasteiger partial charge in [0.2, 0.25) is 0 Å². The molecule has 0 fully saturated rings. The molecule has 0 saturated carbocycles. The maximum absolute atomic E-state index is 11.8. The molecule has 3 rings (SSSR count). The van der Waals surface area contributed by atoms with Gasteiger partial charge in [0.05, 0.1) is 17.1 Å².